The molecule has 0 spiro atoms. The van der Waals surface area contributed by atoms with E-state index < -0.39 is 11.6 Å². The fourth-order valence-corrected chi connectivity index (χ4v) is 5.41. The third-order valence-corrected chi connectivity index (χ3v) is 7.71. The van der Waals surface area contributed by atoms with Gasteiger partial charge in [-0.1, -0.05) is 54.1 Å². The van der Waals surface area contributed by atoms with Crippen molar-refractivity contribution in [3.63, 3.8) is 0 Å². The van der Waals surface area contributed by atoms with Crippen molar-refractivity contribution in [2.24, 2.45) is 4.99 Å². The summed E-state index contributed by atoms with van der Waals surface area (Å²) in [7, 11) is 0. The number of aromatic nitrogens is 2. The van der Waals surface area contributed by atoms with Gasteiger partial charge in [0.05, 0.1) is 11.6 Å². The fourth-order valence-electron chi connectivity index (χ4n) is 5.28. The minimum Gasteiger partial charge on any atom is -0.338 e. The van der Waals surface area contributed by atoms with Crippen molar-refractivity contribution in [3.8, 4) is 11.1 Å². The first-order chi connectivity index (χ1) is 19.0. The van der Waals surface area contributed by atoms with Crippen molar-refractivity contribution in [2.75, 3.05) is 31.1 Å². The first-order valence-corrected chi connectivity index (χ1v) is 13.6. The number of rotatable bonds is 6. The van der Waals surface area contributed by atoms with E-state index in [1.807, 2.05) is 48.8 Å². The number of piperazine rings is 1. The molecule has 0 bridgehead atoms. The number of benzene rings is 3. The highest BCUT2D eigenvalue weighted by Crippen LogP contribution is 2.33. The summed E-state index contributed by atoms with van der Waals surface area (Å²) >= 11 is 6.00. The summed E-state index contributed by atoms with van der Waals surface area (Å²) in [6.07, 6.45) is 5.01. The van der Waals surface area contributed by atoms with Gasteiger partial charge < -0.3 is 4.90 Å². The van der Waals surface area contributed by atoms with Crippen LogP contribution in [0.3, 0.4) is 0 Å². The predicted molar refractivity (Wildman–Crippen MR) is 151 cm³/mol. The molecule has 5 nitrogen and oxygen atoms in total. The third kappa shape index (κ3) is 5.70. The highest BCUT2D eigenvalue weighted by molar-refractivity contribution is 6.30. The van der Waals surface area contributed by atoms with E-state index in [0.717, 1.165) is 66.8 Å². The van der Waals surface area contributed by atoms with E-state index in [-0.39, 0.29) is 11.6 Å². The number of hydrogen-bond acceptors (Lipinski definition) is 5. The summed E-state index contributed by atoms with van der Waals surface area (Å²) in [5, 5.41) is 0.760. The minimum atomic E-state index is -0.562. The van der Waals surface area contributed by atoms with Crippen molar-refractivity contribution in [3.05, 3.63) is 112 Å². The second kappa shape index (κ2) is 11.2. The summed E-state index contributed by atoms with van der Waals surface area (Å²) in [5.41, 5.74) is 4.74. The number of halogens is 3. The van der Waals surface area contributed by atoms with Crippen LogP contribution in [0, 0.1) is 11.6 Å². The van der Waals surface area contributed by atoms with Crippen LogP contribution in [0.2, 0.25) is 5.02 Å². The Morgan fingerprint density at radius 1 is 0.795 bits per heavy atom. The van der Waals surface area contributed by atoms with E-state index in [9.17, 15) is 8.78 Å². The zero-order valence-electron chi connectivity index (χ0n) is 21.4. The molecule has 2 aliphatic rings. The highest BCUT2D eigenvalue weighted by atomic mass is 35.5. The van der Waals surface area contributed by atoms with Crippen molar-refractivity contribution in [1.29, 1.82) is 0 Å². The van der Waals surface area contributed by atoms with Crippen LogP contribution in [-0.4, -0.2) is 46.8 Å². The molecule has 1 fully saturated rings. The average molecular weight is 544 g/mol. The predicted octanol–water partition coefficient (Wildman–Crippen LogP) is 6.72. The normalized spacial score (nSPS) is 17.9. The molecule has 198 valence electrons. The Labute approximate surface area is 231 Å². The molecular formula is C31H28ClF2N5. The van der Waals surface area contributed by atoms with Crippen LogP contribution in [0.4, 0.5) is 14.7 Å². The van der Waals surface area contributed by atoms with Crippen molar-refractivity contribution in [1.82, 2.24) is 14.9 Å². The maximum absolute atomic E-state index is 14.2. The summed E-state index contributed by atoms with van der Waals surface area (Å²) in [6.45, 7) is 4.56. The summed E-state index contributed by atoms with van der Waals surface area (Å²) in [6, 6.07) is 20.0. The Kier molecular flexibility index (Phi) is 7.35. The minimum absolute atomic E-state index is 0.00294. The molecule has 0 amide bonds. The lowest BCUT2D eigenvalue weighted by atomic mass is 10.0. The lowest BCUT2D eigenvalue weighted by Gasteiger charge is -2.34. The number of hydrogen-bond donors (Lipinski definition) is 0. The van der Waals surface area contributed by atoms with Crippen LogP contribution in [0.25, 0.3) is 11.1 Å². The molecule has 39 heavy (non-hydrogen) atoms. The van der Waals surface area contributed by atoms with Gasteiger partial charge in [0.25, 0.3) is 0 Å². The van der Waals surface area contributed by atoms with Gasteiger partial charge >= 0.3 is 0 Å². The molecule has 3 aromatic carbocycles. The Bertz CT molecular complexity index is 1440. The quantitative estimate of drug-likeness (QED) is 0.271. The van der Waals surface area contributed by atoms with E-state index in [2.05, 4.69) is 36.9 Å². The van der Waals surface area contributed by atoms with Crippen molar-refractivity contribution < 1.29 is 8.78 Å². The summed E-state index contributed by atoms with van der Waals surface area (Å²) in [5.74, 6) is -0.379. The molecule has 3 heterocycles. The Balaban J connectivity index is 1.07. The van der Waals surface area contributed by atoms with Gasteiger partial charge in [-0.15, -0.1) is 0 Å². The van der Waals surface area contributed by atoms with Crippen molar-refractivity contribution >= 4 is 23.3 Å². The number of aliphatic imine (C=N–C) groups is 1. The second-order valence-electron chi connectivity index (χ2n) is 10.0. The van der Waals surface area contributed by atoms with Crippen LogP contribution >= 0.6 is 11.6 Å². The molecule has 6 rings (SSSR count). The van der Waals surface area contributed by atoms with Crippen molar-refractivity contribution in [2.45, 2.75) is 25.4 Å². The van der Waals surface area contributed by atoms with E-state index in [1.165, 1.54) is 23.8 Å². The molecule has 8 heteroatoms. The van der Waals surface area contributed by atoms with Crippen LogP contribution < -0.4 is 4.90 Å². The first-order valence-electron chi connectivity index (χ1n) is 13.2. The SMILES string of the molecule is Fc1cccc(F)c1C1=NC(c2ccc(-c3cnc(N4CCN(Cc5ccc(Cl)cc5)CC4)nc3)cc2)CC1. The second-order valence-corrected chi connectivity index (χ2v) is 10.4. The maximum atomic E-state index is 14.2. The van der Waals surface area contributed by atoms with E-state index in [1.54, 1.807) is 0 Å². The van der Waals surface area contributed by atoms with Gasteiger partial charge in [-0.3, -0.25) is 9.89 Å². The van der Waals surface area contributed by atoms with Crippen LogP contribution in [0.1, 0.15) is 35.6 Å². The van der Waals surface area contributed by atoms with Gasteiger partial charge in [0, 0.05) is 61.4 Å². The molecule has 0 N–H and O–H groups in total. The Morgan fingerprint density at radius 3 is 2.13 bits per heavy atom. The zero-order chi connectivity index (χ0) is 26.8. The lowest BCUT2D eigenvalue weighted by Crippen LogP contribution is -2.46. The fraction of sp³-hybridized carbons (Fsp3) is 0.258. The molecule has 2 aliphatic heterocycles. The molecule has 1 unspecified atom stereocenters. The summed E-state index contributed by atoms with van der Waals surface area (Å²) in [4.78, 5) is 18.6. The summed E-state index contributed by atoms with van der Waals surface area (Å²) < 4.78 is 28.4. The zero-order valence-corrected chi connectivity index (χ0v) is 22.2. The topological polar surface area (TPSA) is 44.6 Å². The number of nitrogens with zero attached hydrogens (tertiary/aromatic N) is 5. The average Bonchev–Trinajstić information content (AvgIpc) is 3.45. The molecule has 0 aliphatic carbocycles. The van der Waals surface area contributed by atoms with E-state index in [0.29, 0.717) is 12.1 Å². The highest BCUT2D eigenvalue weighted by Gasteiger charge is 2.24. The monoisotopic (exact) mass is 543 g/mol. The van der Waals surface area contributed by atoms with Gasteiger partial charge in [-0.2, -0.15) is 0 Å². The molecule has 1 aromatic heterocycles. The van der Waals surface area contributed by atoms with Crippen LogP contribution in [-0.2, 0) is 6.54 Å². The van der Waals surface area contributed by atoms with Crippen LogP contribution in [0.5, 0.6) is 0 Å². The molecule has 1 atom stereocenters. The van der Waals surface area contributed by atoms with E-state index in [4.69, 9.17) is 11.6 Å². The lowest BCUT2D eigenvalue weighted by molar-refractivity contribution is 0.248. The third-order valence-electron chi connectivity index (χ3n) is 7.46. The molecular weight excluding hydrogens is 516 g/mol. The maximum Gasteiger partial charge on any atom is 0.225 e. The molecule has 4 aromatic rings. The van der Waals surface area contributed by atoms with E-state index >= 15 is 0 Å². The van der Waals surface area contributed by atoms with Gasteiger partial charge in [0.15, 0.2) is 0 Å². The first kappa shape index (κ1) is 25.6. The van der Waals surface area contributed by atoms with Gasteiger partial charge in [0.1, 0.15) is 11.6 Å². The largest absolute Gasteiger partial charge is 0.338 e. The van der Waals surface area contributed by atoms with Gasteiger partial charge in [0.2, 0.25) is 5.95 Å². The Hall–Kier alpha value is -3.68. The smallest absolute Gasteiger partial charge is 0.225 e. The van der Waals surface area contributed by atoms with Crippen LogP contribution in [0.15, 0.2) is 84.1 Å². The number of anilines is 1. The molecule has 0 radical (unpaired) electrons. The molecule has 0 saturated carbocycles. The van der Waals surface area contributed by atoms with Gasteiger partial charge in [-0.25, -0.2) is 18.7 Å². The standard InChI is InChI=1S/C31H28ClF2N5/c32-25-10-4-21(5-11-25)20-38-14-16-39(17-15-38)31-35-18-24(19-36-31)22-6-8-23(9-7-22)28-12-13-29(37-28)30-26(33)2-1-3-27(30)34/h1-11,18-19,28H,12-17,20H2. The Morgan fingerprint density at radius 2 is 1.46 bits per heavy atom. The van der Waals surface area contributed by atoms with Gasteiger partial charge in [-0.05, 0) is 53.8 Å². The molecule has 1 saturated heterocycles.